The molecule has 162 valence electrons. The van der Waals surface area contributed by atoms with Crippen LogP contribution in [-0.2, 0) is 12.1 Å². The van der Waals surface area contributed by atoms with Crippen LogP contribution >= 0.6 is 0 Å². The van der Waals surface area contributed by atoms with Gasteiger partial charge in [-0.25, -0.2) is 13.9 Å². The molecular formula is C20H16F4N4O3. The standard InChI is InChI=1S/C20H16F4N4O3/c1-31-16-4-5-17(29)28(27-16)10-12-8-15-13(9-14(12)21)19(20(22,23)24,26-18(30)25-15)7-6-11-2-3-11/h4-5,8-9,11H,2-3,10H2,1H3,(H2,25,26,30)/t19-/m0/s1. The fourth-order valence-electron chi connectivity index (χ4n) is 3.19. The van der Waals surface area contributed by atoms with Crippen molar-refractivity contribution in [2.75, 3.05) is 12.4 Å². The third-order valence-corrected chi connectivity index (χ3v) is 4.98. The Morgan fingerprint density at radius 2 is 2.03 bits per heavy atom. The lowest BCUT2D eigenvalue weighted by Gasteiger charge is -2.37. The molecule has 0 saturated heterocycles. The minimum Gasteiger partial charge on any atom is -0.480 e. The van der Waals surface area contributed by atoms with Gasteiger partial charge < -0.3 is 15.4 Å². The van der Waals surface area contributed by atoms with Crippen molar-refractivity contribution in [1.29, 1.82) is 0 Å². The predicted octanol–water partition coefficient (Wildman–Crippen LogP) is 2.75. The smallest absolute Gasteiger partial charge is 0.427 e. The van der Waals surface area contributed by atoms with Crippen molar-refractivity contribution in [1.82, 2.24) is 15.1 Å². The third kappa shape index (κ3) is 3.81. The number of benzene rings is 1. The Balaban J connectivity index is 1.82. The van der Waals surface area contributed by atoms with Crippen molar-refractivity contribution >= 4 is 11.7 Å². The van der Waals surface area contributed by atoms with E-state index in [-0.39, 0.29) is 29.6 Å². The Labute approximate surface area is 173 Å². The summed E-state index contributed by atoms with van der Waals surface area (Å²) in [6, 6.07) is 3.09. The number of methoxy groups -OCH3 is 1. The topological polar surface area (TPSA) is 85.2 Å². The molecule has 0 bridgehead atoms. The molecule has 2 heterocycles. The maximum absolute atomic E-state index is 14.9. The number of fused-ring (bicyclic) bond motifs is 1. The average molecular weight is 436 g/mol. The van der Waals surface area contributed by atoms with Crippen molar-refractivity contribution in [2.45, 2.75) is 31.1 Å². The van der Waals surface area contributed by atoms with Crippen LogP contribution in [0.3, 0.4) is 0 Å². The number of carbonyl (C=O) groups excluding carboxylic acids is 1. The number of nitrogens with zero attached hydrogens (tertiary/aromatic N) is 2. The molecule has 2 aromatic rings. The number of nitrogens with one attached hydrogen (secondary N) is 2. The van der Waals surface area contributed by atoms with Gasteiger partial charge in [0.25, 0.3) is 5.56 Å². The van der Waals surface area contributed by atoms with E-state index >= 15 is 0 Å². The monoisotopic (exact) mass is 436 g/mol. The first-order chi connectivity index (χ1) is 14.6. The van der Waals surface area contributed by atoms with Gasteiger partial charge in [0.1, 0.15) is 5.82 Å². The summed E-state index contributed by atoms with van der Waals surface area (Å²) in [4.78, 5) is 24.1. The summed E-state index contributed by atoms with van der Waals surface area (Å²) >= 11 is 0. The van der Waals surface area contributed by atoms with E-state index in [0.717, 1.165) is 16.8 Å². The number of ether oxygens (including phenoxy) is 1. The molecule has 1 fully saturated rings. The van der Waals surface area contributed by atoms with Crippen LogP contribution < -0.4 is 20.9 Å². The van der Waals surface area contributed by atoms with E-state index in [1.165, 1.54) is 13.2 Å². The highest BCUT2D eigenvalue weighted by Gasteiger charge is 2.59. The minimum atomic E-state index is -5.00. The maximum atomic E-state index is 14.9. The molecule has 7 nitrogen and oxygen atoms in total. The number of rotatable bonds is 3. The zero-order valence-corrected chi connectivity index (χ0v) is 16.1. The summed E-state index contributed by atoms with van der Waals surface area (Å²) in [5.74, 6) is 3.59. The summed E-state index contributed by atoms with van der Waals surface area (Å²) in [6.45, 7) is -0.384. The fraction of sp³-hybridized carbons (Fsp3) is 0.350. The molecule has 1 aliphatic carbocycles. The summed E-state index contributed by atoms with van der Waals surface area (Å²) in [5, 5.41) is 7.98. The third-order valence-electron chi connectivity index (χ3n) is 4.98. The van der Waals surface area contributed by atoms with Crippen LogP contribution in [0.2, 0.25) is 0 Å². The maximum Gasteiger partial charge on any atom is 0.427 e. The number of hydrogen-bond donors (Lipinski definition) is 2. The van der Waals surface area contributed by atoms with E-state index in [9.17, 15) is 27.2 Å². The Kier molecular flexibility index (Phi) is 4.88. The molecule has 2 N–H and O–H groups in total. The minimum absolute atomic E-state index is 0.0990. The second-order valence-corrected chi connectivity index (χ2v) is 7.23. The zero-order chi connectivity index (χ0) is 22.4. The molecule has 4 rings (SSSR count). The Bertz CT molecular complexity index is 1180. The highest BCUT2D eigenvalue weighted by Crippen LogP contribution is 2.45. The summed E-state index contributed by atoms with van der Waals surface area (Å²) in [6.07, 6.45) is -3.65. The van der Waals surface area contributed by atoms with Crippen molar-refractivity contribution < 1.29 is 27.1 Å². The lowest BCUT2D eigenvalue weighted by molar-refractivity contribution is -0.178. The molecule has 0 radical (unpaired) electrons. The number of alkyl halides is 3. The molecular weight excluding hydrogens is 420 g/mol. The predicted molar refractivity (Wildman–Crippen MR) is 101 cm³/mol. The van der Waals surface area contributed by atoms with Crippen LogP contribution in [0.15, 0.2) is 29.1 Å². The first kappa shape index (κ1) is 20.7. The summed E-state index contributed by atoms with van der Waals surface area (Å²) < 4.78 is 63.0. The Hall–Kier alpha value is -3.55. The van der Waals surface area contributed by atoms with Crippen molar-refractivity contribution in [3.63, 3.8) is 0 Å². The molecule has 1 atom stereocenters. The molecule has 1 aromatic heterocycles. The molecule has 1 saturated carbocycles. The largest absolute Gasteiger partial charge is 0.480 e. The zero-order valence-electron chi connectivity index (χ0n) is 16.1. The SMILES string of the molecule is COc1ccc(=O)n(Cc2cc3c(cc2F)[C@@](C#CC2CC2)(C(F)(F)F)NC(=O)N3)n1. The molecule has 0 unspecified atom stereocenters. The average Bonchev–Trinajstić information content (AvgIpc) is 3.52. The summed E-state index contributed by atoms with van der Waals surface area (Å²) in [7, 11) is 1.33. The molecule has 1 aliphatic heterocycles. The van der Waals surface area contributed by atoms with E-state index in [2.05, 4.69) is 22.3 Å². The van der Waals surface area contributed by atoms with Gasteiger partial charge in [-0.2, -0.15) is 13.2 Å². The number of carbonyl (C=O) groups is 1. The Morgan fingerprint density at radius 1 is 1.29 bits per heavy atom. The number of halogens is 4. The number of urea groups is 1. The van der Waals surface area contributed by atoms with Gasteiger partial charge in [-0.05, 0) is 25.0 Å². The Morgan fingerprint density at radius 3 is 2.68 bits per heavy atom. The molecule has 31 heavy (non-hydrogen) atoms. The van der Waals surface area contributed by atoms with Crippen molar-refractivity contribution in [2.24, 2.45) is 5.92 Å². The van der Waals surface area contributed by atoms with Gasteiger partial charge in [-0.15, -0.1) is 5.10 Å². The van der Waals surface area contributed by atoms with E-state index in [1.54, 1.807) is 0 Å². The fourth-order valence-corrected chi connectivity index (χ4v) is 3.19. The van der Waals surface area contributed by atoms with Crippen LogP contribution in [0.5, 0.6) is 5.88 Å². The molecule has 2 amide bonds. The lowest BCUT2D eigenvalue weighted by Crippen LogP contribution is -2.59. The molecule has 11 heteroatoms. The van der Waals surface area contributed by atoms with Gasteiger partial charge in [-0.3, -0.25) is 4.79 Å². The van der Waals surface area contributed by atoms with Gasteiger partial charge in [0.15, 0.2) is 0 Å². The first-order valence-corrected chi connectivity index (χ1v) is 9.26. The summed E-state index contributed by atoms with van der Waals surface area (Å²) in [5.41, 5.74) is -4.56. The highest BCUT2D eigenvalue weighted by atomic mass is 19.4. The van der Waals surface area contributed by atoms with Crippen LogP contribution in [0.25, 0.3) is 0 Å². The van der Waals surface area contributed by atoms with Crippen LogP contribution in [0, 0.1) is 23.6 Å². The van der Waals surface area contributed by atoms with Gasteiger partial charge in [0, 0.05) is 34.9 Å². The van der Waals surface area contributed by atoms with Crippen molar-refractivity contribution in [3.8, 4) is 17.7 Å². The quantitative estimate of drug-likeness (QED) is 0.573. The second-order valence-electron chi connectivity index (χ2n) is 7.23. The van der Waals surface area contributed by atoms with E-state index in [4.69, 9.17) is 4.74 Å². The number of amides is 2. The molecule has 2 aliphatic rings. The van der Waals surface area contributed by atoms with Gasteiger partial charge >= 0.3 is 12.2 Å². The van der Waals surface area contributed by atoms with Gasteiger partial charge in [-0.1, -0.05) is 11.8 Å². The van der Waals surface area contributed by atoms with Gasteiger partial charge in [0.05, 0.1) is 13.7 Å². The number of aromatic nitrogens is 2. The normalized spacial score (nSPS) is 20.1. The van der Waals surface area contributed by atoms with Crippen LogP contribution in [0.1, 0.15) is 24.0 Å². The molecule has 0 spiro atoms. The van der Waals surface area contributed by atoms with Crippen molar-refractivity contribution in [3.05, 3.63) is 51.6 Å². The van der Waals surface area contributed by atoms with Gasteiger partial charge in [0.2, 0.25) is 11.4 Å². The van der Waals surface area contributed by atoms with Crippen LogP contribution in [0.4, 0.5) is 28.0 Å². The van der Waals surface area contributed by atoms with E-state index in [0.29, 0.717) is 18.9 Å². The van der Waals surface area contributed by atoms with Crippen LogP contribution in [-0.4, -0.2) is 29.1 Å². The van der Waals surface area contributed by atoms with E-state index < -0.39 is 34.7 Å². The number of hydrogen-bond acceptors (Lipinski definition) is 4. The first-order valence-electron chi connectivity index (χ1n) is 9.26. The molecule has 1 aromatic carbocycles. The number of anilines is 1. The van der Waals surface area contributed by atoms with E-state index in [1.807, 2.05) is 5.32 Å². The second kappa shape index (κ2) is 7.30. The highest BCUT2D eigenvalue weighted by molar-refractivity contribution is 5.95. The lowest BCUT2D eigenvalue weighted by atomic mass is 9.85.